The number of nitrogens with zero attached hydrogens (tertiary/aromatic N) is 1. The van der Waals surface area contributed by atoms with Gasteiger partial charge in [-0.05, 0) is 37.1 Å². The molecule has 0 spiro atoms. The minimum Gasteiger partial charge on any atom is -0.395 e. The summed E-state index contributed by atoms with van der Waals surface area (Å²) >= 11 is 0. The number of hydrogen-bond donors (Lipinski definition) is 2. The largest absolute Gasteiger partial charge is 0.395 e. The first-order valence-electron chi connectivity index (χ1n) is 5.97. The van der Waals surface area contributed by atoms with Crippen LogP contribution in [0.4, 0.5) is 5.69 Å². The fourth-order valence-electron chi connectivity index (χ4n) is 1.65. The van der Waals surface area contributed by atoms with Gasteiger partial charge in [-0.15, -0.1) is 0 Å². The molecule has 2 rings (SSSR count). The molecule has 1 fully saturated rings. The van der Waals surface area contributed by atoms with Crippen molar-refractivity contribution >= 4 is 15.7 Å². The zero-order valence-electron chi connectivity index (χ0n) is 10.3. The molecule has 0 heterocycles. The van der Waals surface area contributed by atoms with E-state index < -0.39 is 10.0 Å². The van der Waals surface area contributed by atoms with Crippen LogP contribution in [-0.2, 0) is 10.0 Å². The summed E-state index contributed by atoms with van der Waals surface area (Å²) in [6, 6.07) is 6.79. The maximum atomic E-state index is 11.9. The Morgan fingerprint density at radius 3 is 2.44 bits per heavy atom. The number of anilines is 1. The highest BCUT2D eigenvalue weighted by Crippen LogP contribution is 2.23. The molecule has 0 atom stereocenters. The summed E-state index contributed by atoms with van der Waals surface area (Å²) in [5.41, 5.74) is 0.884. The molecular formula is C12H18N2O3S. The van der Waals surface area contributed by atoms with Crippen molar-refractivity contribution in [1.29, 1.82) is 0 Å². The average Bonchev–Trinajstić information content (AvgIpc) is 3.13. The van der Waals surface area contributed by atoms with Crippen molar-refractivity contribution in [3.05, 3.63) is 24.3 Å². The maximum absolute atomic E-state index is 11.9. The van der Waals surface area contributed by atoms with Crippen molar-refractivity contribution in [1.82, 2.24) is 4.72 Å². The Morgan fingerprint density at radius 1 is 1.33 bits per heavy atom. The van der Waals surface area contributed by atoms with Gasteiger partial charge >= 0.3 is 0 Å². The molecule has 0 saturated heterocycles. The minimum atomic E-state index is -3.37. The zero-order valence-corrected chi connectivity index (χ0v) is 11.2. The van der Waals surface area contributed by atoms with Gasteiger partial charge in [0.1, 0.15) is 0 Å². The number of nitrogens with one attached hydrogen (secondary N) is 1. The van der Waals surface area contributed by atoms with E-state index in [1.165, 1.54) is 0 Å². The van der Waals surface area contributed by atoms with Crippen molar-refractivity contribution < 1.29 is 13.5 Å². The van der Waals surface area contributed by atoms with E-state index in [-0.39, 0.29) is 17.5 Å². The summed E-state index contributed by atoms with van der Waals surface area (Å²) in [6.45, 7) is 0.589. The SMILES string of the molecule is CN(CCO)c1ccc(S(=O)(=O)NC2CC2)cc1. The van der Waals surface area contributed by atoms with Gasteiger partial charge in [-0.1, -0.05) is 0 Å². The van der Waals surface area contributed by atoms with Gasteiger partial charge in [0.05, 0.1) is 11.5 Å². The molecule has 1 aliphatic rings. The first-order chi connectivity index (χ1) is 8.53. The van der Waals surface area contributed by atoms with Crippen LogP contribution >= 0.6 is 0 Å². The second-order valence-corrected chi connectivity index (χ2v) is 6.25. The van der Waals surface area contributed by atoms with Gasteiger partial charge in [-0.3, -0.25) is 0 Å². The van der Waals surface area contributed by atoms with E-state index in [4.69, 9.17) is 5.11 Å². The molecule has 0 aromatic heterocycles. The summed E-state index contributed by atoms with van der Waals surface area (Å²) in [5.74, 6) is 0. The number of aliphatic hydroxyl groups is 1. The quantitative estimate of drug-likeness (QED) is 0.792. The van der Waals surface area contributed by atoms with Crippen LogP contribution in [0.25, 0.3) is 0 Å². The Balaban J connectivity index is 2.11. The van der Waals surface area contributed by atoms with Gasteiger partial charge in [0.25, 0.3) is 0 Å². The Kier molecular flexibility index (Phi) is 3.89. The smallest absolute Gasteiger partial charge is 0.240 e. The minimum absolute atomic E-state index is 0.0692. The van der Waals surface area contributed by atoms with Gasteiger partial charge in [0.15, 0.2) is 0 Å². The zero-order chi connectivity index (χ0) is 13.2. The van der Waals surface area contributed by atoms with Crippen molar-refractivity contribution in [3.63, 3.8) is 0 Å². The Labute approximate surface area is 107 Å². The molecule has 1 aliphatic carbocycles. The second kappa shape index (κ2) is 5.26. The number of sulfonamides is 1. The molecule has 0 bridgehead atoms. The standard InChI is InChI=1S/C12H18N2O3S/c1-14(8-9-15)11-4-6-12(7-5-11)18(16,17)13-10-2-3-10/h4-7,10,13,15H,2-3,8-9H2,1H3. The molecule has 1 aromatic carbocycles. The van der Waals surface area contributed by atoms with E-state index in [1.807, 2.05) is 11.9 Å². The maximum Gasteiger partial charge on any atom is 0.240 e. The molecule has 18 heavy (non-hydrogen) atoms. The molecule has 1 aromatic rings. The van der Waals surface area contributed by atoms with E-state index in [2.05, 4.69) is 4.72 Å². The number of rotatable bonds is 6. The van der Waals surface area contributed by atoms with Crippen LogP contribution in [0.1, 0.15) is 12.8 Å². The van der Waals surface area contributed by atoms with Crippen LogP contribution in [0.15, 0.2) is 29.2 Å². The predicted molar refractivity (Wildman–Crippen MR) is 70.1 cm³/mol. The summed E-state index contributed by atoms with van der Waals surface area (Å²) in [4.78, 5) is 2.15. The lowest BCUT2D eigenvalue weighted by atomic mass is 10.3. The van der Waals surface area contributed by atoms with Gasteiger partial charge in [-0.25, -0.2) is 13.1 Å². The molecular weight excluding hydrogens is 252 g/mol. The molecule has 2 N–H and O–H groups in total. The number of hydrogen-bond acceptors (Lipinski definition) is 4. The van der Waals surface area contributed by atoms with E-state index in [0.29, 0.717) is 6.54 Å². The van der Waals surface area contributed by atoms with E-state index in [0.717, 1.165) is 18.5 Å². The molecule has 5 nitrogen and oxygen atoms in total. The number of benzene rings is 1. The van der Waals surface area contributed by atoms with Crippen molar-refractivity contribution in [2.45, 2.75) is 23.8 Å². The highest BCUT2D eigenvalue weighted by atomic mass is 32.2. The van der Waals surface area contributed by atoms with Crippen LogP contribution in [0, 0.1) is 0 Å². The first kappa shape index (κ1) is 13.3. The second-order valence-electron chi connectivity index (χ2n) is 4.53. The predicted octanol–water partition coefficient (Wildman–Crippen LogP) is 0.556. The third kappa shape index (κ3) is 3.22. The molecule has 0 unspecified atom stereocenters. The average molecular weight is 270 g/mol. The van der Waals surface area contributed by atoms with Gasteiger partial charge in [-0.2, -0.15) is 0 Å². The summed E-state index contributed by atoms with van der Waals surface area (Å²) < 4.78 is 26.5. The number of likely N-dealkylation sites (N-methyl/N-ethyl adjacent to an activating group) is 1. The van der Waals surface area contributed by atoms with Gasteiger partial charge < -0.3 is 10.0 Å². The van der Waals surface area contributed by atoms with Gasteiger partial charge in [0, 0.05) is 25.3 Å². The lowest BCUT2D eigenvalue weighted by Crippen LogP contribution is -2.26. The monoisotopic (exact) mass is 270 g/mol. The van der Waals surface area contributed by atoms with Crippen molar-refractivity contribution in [2.75, 3.05) is 25.1 Å². The van der Waals surface area contributed by atoms with E-state index in [9.17, 15) is 8.42 Å². The normalized spacial score (nSPS) is 15.7. The summed E-state index contributed by atoms with van der Waals surface area (Å²) in [7, 11) is -1.52. The Hall–Kier alpha value is -1.11. The third-order valence-electron chi connectivity index (χ3n) is 2.92. The molecule has 1 saturated carbocycles. The molecule has 0 radical (unpaired) electrons. The Morgan fingerprint density at radius 2 is 1.94 bits per heavy atom. The van der Waals surface area contributed by atoms with Crippen molar-refractivity contribution in [3.8, 4) is 0 Å². The van der Waals surface area contributed by atoms with E-state index >= 15 is 0 Å². The van der Waals surface area contributed by atoms with E-state index in [1.54, 1.807) is 24.3 Å². The van der Waals surface area contributed by atoms with Gasteiger partial charge in [0.2, 0.25) is 10.0 Å². The molecule has 0 aliphatic heterocycles. The molecule has 6 heteroatoms. The topological polar surface area (TPSA) is 69.6 Å². The third-order valence-corrected chi connectivity index (χ3v) is 4.46. The lowest BCUT2D eigenvalue weighted by Gasteiger charge is -2.18. The molecule has 100 valence electrons. The number of aliphatic hydroxyl groups excluding tert-OH is 1. The molecule has 0 amide bonds. The highest BCUT2D eigenvalue weighted by Gasteiger charge is 2.27. The fraction of sp³-hybridized carbons (Fsp3) is 0.500. The van der Waals surface area contributed by atoms with Crippen LogP contribution < -0.4 is 9.62 Å². The first-order valence-corrected chi connectivity index (χ1v) is 7.45. The van der Waals surface area contributed by atoms with Crippen LogP contribution in [0.2, 0.25) is 0 Å². The Bertz CT molecular complexity index is 495. The lowest BCUT2D eigenvalue weighted by molar-refractivity contribution is 0.304. The summed E-state index contributed by atoms with van der Waals surface area (Å²) in [6.07, 6.45) is 1.85. The van der Waals surface area contributed by atoms with Crippen LogP contribution in [-0.4, -0.2) is 39.8 Å². The van der Waals surface area contributed by atoms with Crippen LogP contribution in [0.3, 0.4) is 0 Å². The highest BCUT2D eigenvalue weighted by molar-refractivity contribution is 7.89. The van der Waals surface area contributed by atoms with Crippen molar-refractivity contribution in [2.24, 2.45) is 0 Å². The fourth-order valence-corrected chi connectivity index (χ4v) is 2.95. The van der Waals surface area contributed by atoms with Crippen LogP contribution in [0.5, 0.6) is 0 Å². The summed E-state index contributed by atoms with van der Waals surface area (Å²) in [5, 5.41) is 8.84.